The number of urea groups is 1. The Hall–Kier alpha value is -2.05. The van der Waals surface area contributed by atoms with Gasteiger partial charge in [0.2, 0.25) is 0 Å². The van der Waals surface area contributed by atoms with Crippen LogP contribution in [0.3, 0.4) is 0 Å². The molecule has 1 fully saturated rings. The molecule has 2 unspecified atom stereocenters. The number of carboxylic acids is 1. The molecule has 1 aromatic rings. The van der Waals surface area contributed by atoms with Crippen molar-refractivity contribution in [2.75, 3.05) is 0 Å². The summed E-state index contributed by atoms with van der Waals surface area (Å²) in [4.78, 5) is 22.3. The number of carbonyl (C=O) groups is 2. The summed E-state index contributed by atoms with van der Waals surface area (Å²) in [6, 6.07) is -0.317. The number of nitrogens with zero attached hydrogens (tertiary/aromatic N) is 1. The van der Waals surface area contributed by atoms with Crippen molar-refractivity contribution in [3.05, 3.63) is 18.0 Å². The molecule has 0 spiro atoms. The summed E-state index contributed by atoms with van der Waals surface area (Å²) in [5, 5.41) is 20.8. The fourth-order valence-electron chi connectivity index (χ4n) is 2.13. The largest absolute Gasteiger partial charge is 0.481 e. The molecular formula is C11H16N4O3. The number of carboxylic acid groups (broad SMARTS) is 1. The molecule has 98 valence electrons. The van der Waals surface area contributed by atoms with E-state index >= 15 is 0 Å². The fourth-order valence-corrected chi connectivity index (χ4v) is 2.13. The molecule has 18 heavy (non-hydrogen) atoms. The number of amides is 2. The van der Waals surface area contributed by atoms with E-state index in [1.54, 1.807) is 12.4 Å². The Morgan fingerprint density at radius 1 is 1.50 bits per heavy atom. The van der Waals surface area contributed by atoms with E-state index < -0.39 is 5.97 Å². The third-order valence-corrected chi connectivity index (χ3v) is 3.13. The summed E-state index contributed by atoms with van der Waals surface area (Å²) in [5.74, 6) is -1.11. The molecule has 1 aromatic heterocycles. The Labute approximate surface area is 104 Å². The second-order valence-electron chi connectivity index (χ2n) is 4.48. The number of carbonyl (C=O) groups excluding carboxylic acids is 1. The van der Waals surface area contributed by atoms with E-state index in [2.05, 4.69) is 20.8 Å². The molecule has 2 rings (SSSR count). The maximum Gasteiger partial charge on any atom is 0.315 e. The molecule has 7 nitrogen and oxygen atoms in total. The first kappa shape index (κ1) is 12.4. The Morgan fingerprint density at radius 3 is 2.94 bits per heavy atom. The van der Waals surface area contributed by atoms with Crippen LogP contribution in [0.15, 0.2) is 12.4 Å². The van der Waals surface area contributed by atoms with Crippen LogP contribution in [0.2, 0.25) is 0 Å². The number of aliphatic carboxylic acids is 1. The van der Waals surface area contributed by atoms with Gasteiger partial charge in [0.25, 0.3) is 0 Å². The van der Waals surface area contributed by atoms with Gasteiger partial charge >= 0.3 is 12.0 Å². The Kier molecular flexibility index (Phi) is 3.81. The third kappa shape index (κ3) is 3.22. The Balaban J connectivity index is 1.70. The minimum Gasteiger partial charge on any atom is -0.481 e. The molecule has 0 bridgehead atoms. The zero-order valence-corrected chi connectivity index (χ0v) is 9.85. The maximum atomic E-state index is 11.6. The van der Waals surface area contributed by atoms with Crippen molar-refractivity contribution in [1.82, 2.24) is 20.8 Å². The highest BCUT2D eigenvalue weighted by molar-refractivity contribution is 5.75. The van der Waals surface area contributed by atoms with Crippen LogP contribution in [0.1, 0.15) is 24.8 Å². The highest BCUT2D eigenvalue weighted by Crippen LogP contribution is 2.25. The average Bonchev–Trinajstić information content (AvgIpc) is 2.96. The standard InChI is InChI=1S/C11H16N4O3/c16-10(17)8-1-2-9(3-8)15-11(18)12-4-7-5-13-14-6-7/h5-6,8-9H,1-4H2,(H,13,14)(H,16,17)(H2,12,15,18). The monoisotopic (exact) mass is 252 g/mol. The lowest BCUT2D eigenvalue weighted by molar-refractivity contribution is -0.141. The molecule has 0 aliphatic heterocycles. The topological polar surface area (TPSA) is 107 Å². The lowest BCUT2D eigenvalue weighted by atomic mass is 10.1. The first-order valence-electron chi connectivity index (χ1n) is 5.90. The first-order valence-corrected chi connectivity index (χ1v) is 5.90. The molecule has 2 amide bonds. The van der Waals surface area contributed by atoms with Gasteiger partial charge in [0.15, 0.2) is 0 Å². The molecule has 1 saturated carbocycles. The number of hydrogen-bond donors (Lipinski definition) is 4. The summed E-state index contributed by atoms with van der Waals surface area (Å²) < 4.78 is 0. The summed E-state index contributed by atoms with van der Waals surface area (Å²) in [7, 11) is 0. The van der Waals surface area contributed by atoms with Crippen LogP contribution in [0, 0.1) is 5.92 Å². The van der Waals surface area contributed by atoms with Gasteiger partial charge in [-0.3, -0.25) is 9.89 Å². The highest BCUT2D eigenvalue weighted by Gasteiger charge is 2.30. The molecule has 0 saturated heterocycles. The van der Waals surface area contributed by atoms with E-state index in [-0.39, 0.29) is 18.0 Å². The molecule has 4 N–H and O–H groups in total. The molecule has 0 radical (unpaired) electrons. The van der Waals surface area contributed by atoms with E-state index in [0.717, 1.165) is 12.0 Å². The average molecular weight is 252 g/mol. The van der Waals surface area contributed by atoms with Gasteiger partial charge < -0.3 is 15.7 Å². The van der Waals surface area contributed by atoms with Crippen LogP contribution in [0.5, 0.6) is 0 Å². The van der Waals surface area contributed by atoms with Gasteiger partial charge in [-0.15, -0.1) is 0 Å². The fraction of sp³-hybridized carbons (Fsp3) is 0.545. The van der Waals surface area contributed by atoms with Crippen molar-refractivity contribution < 1.29 is 14.7 Å². The molecule has 1 heterocycles. The van der Waals surface area contributed by atoms with Crippen LogP contribution in [-0.4, -0.2) is 33.3 Å². The van der Waals surface area contributed by atoms with E-state index in [1.807, 2.05) is 0 Å². The zero-order valence-electron chi connectivity index (χ0n) is 9.85. The lowest BCUT2D eigenvalue weighted by Gasteiger charge is -2.12. The van der Waals surface area contributed by atoms with Crippen LogP contribution in [0.4, 0.5) is 4.79 Å². The molecule has 0 aromatic carbocycles. The van der Waals surface area contributed by atoms with Crippen LogP contribution in [0.25, 0.3) is 0 Å². The Morgan fingerprint density at radius 2 is 2.33 bits per heavy atom. The van der Waals surface area contributed by atoms with Crippen LogP contribution >= 0.6 is 0 Å². The molecule has 1 aliphatic rings. The predicted octanol–water partition coefficient (Wildman–Crippen LogP) is 0.462. The smallest absolute Gasteiger partial charge is 0.315 e. The summed E-state index contributed by atoms with van der Waals surface area (Å²) >= 11 is 0. The van der Waals surface area contributed by atoms with Crippen molar-refractivity contribution in [3.8, 4) is 0 Å². The summed E-state index contributed by atoms with van der Waals surface area (Å²) in [6.45, 7) is 0.400. The minimum absolute atomic E-state index is 0.0459. The second-order valence-corrected chi connectivity index (χ2v) is 4.48. The van der Waals surface area contributed by atoms with Gasteiger partial charge in [-0.2, -0.15) is 5.10 Å². The van der Waals surface area contributed by atoms with Gasteiger partial charge in [0, 0.05) is 24.3 Å². The van der Waals surface area contributed by atoms with Crippen LogP contribution in [-0.2, 0) is 11.3 Å². The van der Waals surface area contributed by atoms with Gasteiger partial charge in [-0.25, -0.2) is 4.79 Å². The number of aromatic nitrogens is 2. The molecule has 2 atom stereocenters. The van der Waals surface area contributed by atoms with Crippen molar-refractivity contribution in [2.24, 2.45) is 5.92 Å². The van der Waals surface area contributed by atoms with Crippen molar-refractivity contribution in [2.45, 2.75) is 31.8 Å². The van der Waals surface area contributed by atoms with E-state index in [0.29, 0.717) is 19.4 Å². The normalized spacial score (nSPS) is 22.7. The van der Waals surface area contributed by atoms with Crippen molar-refractivity contribution in [1.29, 1.82) is 0 Å². The van der Waals surface area contributed by atoms with Gasteiger partial charge in [0.05, 0.1) is 12.1 Å². The van der Waals surface area contributed by atoms with Crippen molar-refractivity contribution >= 4 is 12.0 Å². The number of aromatic amines is 1. The number of rotatable bonds is 4. The number of nitrogens with one attached hydrogen (secondary N) is 3. The quantitative estimate of drug-likeness (QED) is 0.624. The van der Waals surface area contributed by atoms with Gasteiger partial charge in [-0.05, 0) is 19.3 Å². The zero-order chi connectivity index (χ0) is 13.0. The minimum atomic E-state index is -0.780. The van der Waals surface area contributed by atoms with E-state index in [9.17, 15) is 9.59 Å². The van der Waals surface area contributed by atoms with Crippen molar-refractivity contribution in [3.63, 3.8) is 0 Å². The number of hydrogen-bond acceptors (Lipinski definition) is 3. The molecule has 7 heteroatoms. The molecular weight excluding hydrogens is 236 g/mol. The number of H-pyrrole nitrogens is 1. The summed E-state index contributed by atoms with van der Waals surface area (Å²) in [5.41, 5.74) is 0.889. The van der Waals surface area contributed by atoms with Crippen LogP contribution < -0.4 is 10.6 Å². The summed E-state index contributed by atoms with van der Waals surface area (Å²) in [6.07, 6.45) is 5.19. The molecule has 1 aliphatic carbocycles. The first-order chi connectivity index (χ1) is 8.65. The van der Waals surface area contributed by atoms with E-state index in [1.165, 1.54) is 0 Å². The lowest BCUT2D eigenvalue weighted by Crippen LogP contribution is -2.40. The maximum absolute atomic E-state index is 11.6. The Bertz CT molecular complexity index is 418. The SMILES string of the molecule is O=C(NCc1cn[nH]c1)NC1CCC(C(=O)O)C1. The van der Waals surface area contributed by atoms with Gasteiger partial charge in [-0.1, -0.05) is 0 Å². The highest BCUT2D eigenvalue weighted by atomic mass is 16.4. The second kappa shape index (κ2) is 5.52. The van der Waals surface area contributed by atoms with Gasteiger partial charge in [0.1, 0.15) is 0 Å². The third-order valence-electron chi connectivity index (χ3n) is 3.13. The predicted molar refractivity (Wildman–Crippen MR) is 62.7 cm³/mol. The van der Waals surface area contributed by atoms with E-state index in [4.69, 9.17) is 5.11 Å².